The first kappa shape index (κ1) is 9.48. The maximum Gasteiger partial charge on any atom is 0.0766 e. The minimum absolute atomic E-state index is 0.363. The lowest BCUT2D eigenvalue weighted by Crippen LogP contribution is -1.89. The first-order valence-corrected chi connectivity index (χ1v) is 3.86. The Hall–Kier alpha value is -0.520. The first-order valence-electron chi connectivity index (χ1n) is 3.86. The minimum Gasteiger partial charge on any atom is -0.389 e. The molecule has 1 unspecified atom stereocenters. The summed E-state index contributed by atoms with van der Waals surface area (Å²) < 4.78 is 0. The van der Waals surface area contributed by atoms with Crippen LogP contribution in [0.1, 0.15) is 33.1 Å². The molecule has 1 atom stereocenters. The average Bonchev–Trinajstić information content (AvgIpc) is 1.87. The maximum absolute atomic E-state index is 8.77. The van der Waals surface area contributed by atoms with E-state index in [1.807, 2.05) is 6.08 Å². The molecule has 0 amide bonds. The van der Waals surface area contributed by atoms with Crippen molar-refractivity contribution in [1.29, 1.82) is 0 Å². The van der Waals surface area contributed by atoms with E-state index in [1.54, 1.807) is 13.0 Å². The molecule has 0 aromatic carbocycles. The summed E-state index contributed by atoms with van der Waals surface area (Å²) in [6, 6.07) is 0. The lowest BCUT2D eigenvalue weighted by Gasteiger charge is -1.87. The van der Waals surface area contributed by atoms with Crippen molar-refractivity contribution >= 4 is 0 Å². The highest BCUT2D eigenvalue weighted by atomic mass is 16.3. The highest BCUT2D eigenvalue weighted by Gasteiger charge is 1.80. The lowest BCUT2D eigenvalue weighted by molar-refractivity contribution is 0.244. The van der Waals surface area contributed by atoms with Crippen LogP contribution in [0, 0.1) is 0 Å². The number of hydrogen-bond acceptors (Lipinski definition) is 1. The van der Waals surface area contributed by atoms with Gasteiger partial charge in [0.15, 0.2) is 0 Å². The molecule has 0 rings (SSSR count). The van der Waals surface area contributed by atoms with Gasteiger partial charge in [0.2, 0.25) is 0 Å². The van der Waals surface area contributed by atoms with Crippen molar-refractivity contribution in [3.8, 4) is 0 Å². The van der Waals surface area contributed by atoms with Crippen LogP contribution >= 0.6 is 0 Å². The van der Waals surface area contributed by atoms with E-state index in [0.717, 1.165) is 6.42 Å². The quantitative estimate of drug-likeness (QED) is 0.469. The summed E-state index contributed by atoms with van der Waals surface area (Å²) in [4.78, 5) is 0. The zero-order valence-corrected chi connectivity index (χ0v) is 6.80. The molecule has 10 heavy (non-hydrogen) atoms. The van der Waals surface area contributed by atoms with Crippen LogP contribution in [0.5, 0.6) is 0 Å². The van der Waals surface area contributed by atoms with E-state index in [9.17, 15) is 0 Å². The summed E-state index contributed by atoms with van der Waals surface area (Å²) in [5, 5.41) is 8.77. The monoisotopic (exact) mass is 140 g/mol. The fourth-order valence-corrected chi connectivity index (χ4v) is 0.597. The van der Waals surface area contributed by atoms with Gasteiger partial charge in [0.25, 0.3) is 0 Å². The van der Waals surface area contributed by atoms with Gasteiger partial charge in [0.05, 0.1) is 6.10 Å². The van der Waals surface area contributed by atoms with Crippen molar-refractivity contribution < 1.29 is 5.11 Å². The molecule has 0 saturated heterocycles. The lowest BCUT2D eigenvalue weighted by atomic mass is 10.2. The highest BCUT2D eigenvalue weighted by molar-refractivity contribution is 4.87. The zero-order valence-electron chi connectivity index (χ0n) is 6.80. The van der Waals surface area contributed by atoms with Crippen LogP contribution in [0.2, 0.25) is 0 Å². The maximum atomic E-state index is 8.77. The smallest absolute Gasteiger partial charge is 0.0766 e. The molecule has 0 radical (unpaired) electrons. The molecule has 0 fully saturated rings. The molecule has 0 bridgehead atoms. The Kier molecular flexibility index (Phi) is 6.25. The molecule has 0 aromatic rings. The molecular formula is C9H16O. The molecule has 1 N–H and O–H groups in total. The largest absolute Gasteiger partial charge is 0.389 e. The van der Waals surface area contributed by atoms with Gasteiger partial charge in [0, 0.05) is 0 Å². The second-order valence-corrected chi connectivity index (χ2v) is 2.42. The minimum atomic E-state index is -0.363. The van der Waals surface area contributed by atoms with Crippen LogP contribution < -0.4 is 0 Å². The number of hydrogen-bond donors (Lipinski definition) is 1. The Morgan fingerprint density at radius 2 is 2.30 bits per heavy atom. The number of aliphatic hydroxyl groups is 1. The molecular weight excluding hydrogens is 124 g/mol. The Labute approximate surface area is 63.1 Å². The van der Waals surface area contributed by atoms with Gasteiger partial charge < -0.3 is 5.11 Å². The van der Waals surface area contributed by atoms with Gasteiger partial charge in [0.1, 0.15) is 0 Å². The highest BCUT2D eigenvalue weighted by Crippen LogP contribution is 1.93. The third kappa shape index (κ3) is 7.48. The van der Waals surface area contributed by atoms with Crippen molar-refractivity contribution in [2.45, 2.75) is 39.2 Å². The van der Waals surface area contributed by atoms with Crippen LogP contribution in [0.3, 0.4) is 0 Å². The molecule has 1 heteroatoms. The molecule has 58 valence electrons. The van der Waals surface area contributed by atoms with Crippen molar-refractivity contribution in [3.05, 3.63) is 17.9 Å². The molecule has 0 aliphatic heterocycles. The fraction of sp³-hybridized carbons (Fsp3) is 0.667. The zero-order chi connectivity index (χ0) is 7.82. The summed E-state index contributed by atoms with van der Waals surface area (Å²) in [6.45, 7) is 3.88. The third-order valence-corrected chi connectivity index (χ3v) is 1.16. The summed E-state index contributed by atoms with van der Waals surface area (Å²) in [7, 11) is 0. The van der Waals surface area contributed by atoms with Crippen molar-refractivity contribution in [1.82, 2.24) is 0 Å². The summed E-state index contributed by atoms with van der Waals surface area (Å²) in [6.07, 6.45) is 6.76. The summed E-state index contributed by atoms with van der Waals surface area (Å²) >= 11 is 0. The number of rotatable bonds is 4. The van der Waals surface area contributed by atoms with E-state index < -0.39 is 0 Å². The van der Waals surface area contributed by atoms with E-state index in [2.05, 4.69) is 12.7 Å². The van der Waals surface area contributed by atoms with Gasteiger partial charge in [-0.25, -0.2) is 0 Å². The van der Waals surface area contributed by atoms with E-state index in [1.165, 1.54) is 12.8 Å². The van der Waals surface area contributed by atoms with Gasteiger partial charge in [-0.15, -0.1) is 5.73 Å². The van der Waals surface area contributed by atoms with Gasteiger partial charge in [-0.1, -0.05) is 13.3 Å². The van der Waals surface area contributed by atoms with E-state index in [4.69, 9.17) is 5.11 Å². The summed E-state index contributed by atoms with van der Waals surface area (Å²) in [5.41, 5.74) is 2.92. The van der Waals surface area contributed by atoms with E-state index >= 15 is 0 Å². The van der Waals surface area contributed by atoms with Gasteiger partial charge >= 0.3 is 0 Å². The third-order valence-electron chi connectivity index (χ3n) is 1.16. The number of unbranched alkanes of at least 4 members (excludes halogenated alkanes) is 2. The van der Waals surface area contributed by atoms with Gasteiger partial charge in [-0.2, -0.15) is 0 Å². The van der Waals surface area contributed by atoms with Crippen LogP contribution in [-0.2, 0) is 0 Å². The Bertz CT molecular complexity index is 119. The van der Waals surface area contributed by atoms with Crippen molar-refractivity contribution in [2.24, 2.45) is 0 Å². The standard InChI is InChI=1S/C9H16O/c1-3-4-5-6-7-8-9(2)10/h6,8-10H,3-5H2,1-2H3. The van der Waals surface area contributed by atoms with Crippen LogP contribution in [-0.4, -0.2) is 11.2 Å². The SMILES string of the molecule is CCCCC=C=CC(C)O. The molecule has 0 spiro atoms. The van der Waals surface area contributed by atoms with Crippen molar-refractivity contribution in [3.63, 3.8) is 0 Å². The van der Waals surface area contributed by atoms with Crippen LogP contribution in [0.25, 0.3) is 0 Å². The average molecular weight is 140 g/mol. The Balaban J connectivity index is 3.35. The molecule has 0 aromatic heterocycles. The Morgan fingerprint density at radius 3 is 2.80 bits per heavy atom. The predicted octanol–water partition coefficient (Wildman–Crippen LogP) is 2.27. The van der Waals surface area contributed by atoms with E-state index in [-0.39, 0.29) is 6.10 Å². The molecule has 0 aliphatic rings. The first-order chi connectivity index (χ1) is 4.77. The Morgan fingerprint density at radius 1 is 1.60 bits per heavy atom. The number of aliphatic hydroxyl groups excluding tert-OH is 1. The summed E-state index contributed by atoms with van der Waals surface area (Å²) in [5.74, 6) is 0. The van der Waals surface area contributed by atoms with Crippen LogP contribution in [0.4, 0.5) is 0 Å². The predicted molar refractivity (Wildman–Crippen MR) is 43.9 cm³/mol. The second kappa shape index (κ2) is 6.60. The van der Waals surface area contributed by atoms with Crippen molar-refractivity contribution in [2.75, 3.05) is 0 Å². The normalized spacial score (nSPS) is 11.9. The molecule has 0 heterocycles. The fourth-order valence-electron chi connectivity index (χ4n) is 0.597. The molecule has 0 aliphatic carbocycles. The van der Waals surface area contributed by atoms with E-state index in [0.29, 0.717) is 0 Å². The topological polar surface area (TPSA) is 20.2 Å². The van der Waals surface area contributed by atoms with Gasteiger partial charge in [-0.05, 0) is 31.9 Å². The van der Waals surface area contributed by atoms with Gasteiger partial charge in [-0.3, -0.25) is 0 Å². The second-order valence-electron chi connectivity index (χ2n) is 2.42. The molecule has 1 nitrogen and oxygen atoms in total. The van der Waals surface area contributed by atoms with Crippen LogP contribution in [0.15, 0.2) is 17.9 Å². The molecule has 0 saturated carbocycles.